The van der Waals surface area contributed by atoms with Gasteiger partial charge in [0.25, 0.3) is 0 Å². The second kappa shape index (κ2) is 5.62. The second-order valence-electron chi connectivity index (χ2n) is 5.52. The summed E-state index contributed by atoms with van der Waals surface area (Å²) in [6, 6.07) is 12.9. The van der Waals surface area contributed by atoms with Crippen LogP contribution in [-0.2, 0) is 6.42 Å². The molecule has 0 saturated heterocycles. The molecule has 2 heteroatoms. The molecule has 2 nitrogen and oxygen atoms in total. The third-order valence-corrected chi connectivity index (χ3v) is 4.22. The van der Waals surface area contributed by atoms with Crippen molar-refractivity contribution in [1.82, 2.24) is 0 Å². The lowest BCUT2D eigenvalue weighted by Gasteiger charge is -2.26. The molecule has 0 amide bonds. The summed E-state index contributed by atoms with van der Waals surface area (Å²) >= 11 is 0. The van der Waals surface area contributed by atoms with Crippen molar-refractivity contribution in [3.05, 3.63) is 59.5 Å². The van der Waals surface area contributed by atoms with Crippen molar-refractivity contribution in [3.63, 3.8) is 0 Å². The molecule has 0 spiro atoms. The summed E-state index contributed by atoms with van der Waals surface area (Å²) in [7, 11) is 0. The molecule has 1 fully saturated rings. The van der Waals surface area contributed by atoms with E-state index in [0.29, 0.717) is 0 Å². The van der Waals surface area contributed by atoms with E-state index in [1.807, 2.05) is 12.1 Å². The van der Waals surface area contributed by atoms with E-state index in [-0.39, 0.29) is 6.04 Å². The van der Waals surface area contributed by atoms with Crippen LogP contribution in [0.3, 0.4) is 0 Å². The molecule has 1 aliphatic carbocycles. The first-order chi connectivity index (χ1) is 9.33. The summed E-state index contributed by atoms with van der Waals surface area (Å²) in [5, 5.41) is 0. The van der Waals surface area contributed by atoms with Gasteiger partial charge in [0.1, 0.15) is 5.76 Å². The van der Waals surface area contributed by atoms with Gasteiger partial charge in [-0.15, -0.1) is 0 Å². The van der Waals surface area contributed by atoms with Crippen molar-refractivity contribution in [2.24, 2.45) is 5.73 Å². The maximum atomic E-state index is 6.24. The third-order valence-electron chi connectivity index (χ3n) is 4.22. The zero-order valence-electron chi connectivity index (χ0n) is 11.2. The molecule has 1 aromatic carbocycles. The molecule has 1 saturated carbocycles. The third kappa shape index (κ3) is 2.90. The lowest BCUT2D eigenvalue weighted by molar-refractivity contribution is 0.419. The summed E-state index contributed by atoms with van der Waals surface area (Å²) in [4.78, 5) is 0. The maximum Gasteiger partial charge on any atom is 0.103 e. The molecule has 2 N–H and O–H groups in total. The smallest absolute Gasteiger partial charge is 0.103 e. The van der Waals surface area contributed by atoms with E-state index in [1.54, 1.807) is 6.26 Å². The highest BCUT2D eigenvalue weighted by molar-refractivity contribution is 5.28. The number of benzene rings is 1. The van der Waals surface area contributed by atoms with Gasteiger partial charge in [-0.05, 0) is 48.4 Å². The van der Waals surface area contributed by atoms with Crippen LogP contribution in [0.4, 0.5) is 0 Å². The number of hydrogen-bond donors (Lipinski definition) is 1. The van der Waals surface area contributed by atoms with Crippen molar-refractivity contribution in [2.75, 3.05) is 0 Å². The SMILES string of the molecule is NC(CCc1ccco1)c1ccc(C2CCC2)cc1. The van der Waals surface area contributed by atoms with Crippen LogP contribution in [0.15, 0.2) is 47.1 Å². The Bertz CT molecular complexity index is 497. The Hall–Kier alpha value is -1.54. The van der Waals surface area contributed by atoms with Crippen LogP contribution in [0.5, 0.6) is 0 Å². The van der Waals surface area contributed by atoms with E-state index in [2.05, 4.69) is 24.3 Å². The van der Waals surface area contributed by atoms with E-state index in [4.69, 9.17) is 10.2 Å². The van der Waals surface area contributed by atoms with Crippen molar-refractivity contribution < 1.29 is 4.42 Å². The van der Waals surface area contributed by atoms with Crippen LogP contribution in [-0.4, -0.2) is 0 Å². The number of nitrogens with two attached hydrogens (primary N) is 1. The predicted octanol–water partition coefficient (Wildman–Crippen LogP) is 4.18. The minimum absolute atomic E-state index is 0.0977. The van der Waals surface area contributed by atoms with E-state index < -0.39 is 0 Å². The highest BCUT2D eigenvalue weighted by atomic mass is 16.3. The first-order valence-electron chi connectivity index (χ1n) is 7.21. The number of rotatable bonds is 5. The number of hydrogen-bond acceptors (Lipinski definition) is 2. The normalized spacial score (nSPS) is 17.1. The molecule has 1 aliphatic rings. The average Bonchev–Trinajstić information content (AvgIpc) is 2.88. The van der Waals surface area contributed by atoms with Gasteiger partial charge >= 0.3 is 0 Å². The van der Waals surface area contributed by atoms with Gasteiger partial charge < -0.3 is 10.2 Å². The van der Waals surface area contributed by atoms with Crippen LogP contribution < -0.4 is 5.73 Å². The van der Waals surface area contributed by atoms with Gasteiger partial charge in [0.2, 0.25) is 0 Å². The zero-order valence-corrected chi connectivity index (χ0v) is 11.2. The lowest BCUT2D eigenvalue weighted by Crippen LogP contribution is -2.12. The van der Waals surface area contributed by atoms with Crippen LogP contribution in [0.25, 0.3) is 0 Å². The van der Waals surface area contributed by atoms with Gasteiger partial charge in [-0.25, -0.2) is 0 Å². The highest BCUT2D eigenvalue weighted by Crippen LogP contribution is 2.36. The van der Waals surface area contributed by atoms with Crippen molar-refractivity contribution in [3.8, 4) is 0 Å². The van der Waals surface area contributed by atoms with Gasteiger partial charge in [-0.1, -0.05) is 30.7 Å². The van der Waals surface area contributed by atoms with Crippen LogP contribution in [0.1, 0.15) is 54.5 Å². The van der Waals surface area contributed by atoms with Crippen molar-refractivity contribution in [2.45, 2.75) is 44.1 Å². The first kappa shape index (κ1) is 12.5. The van der Waals surface area contributed by atoms with E-state index >= 15 is 0 Å². The quantitative estimate of drug-likeness (QED) is 0.870. The fraction of sp³-hybridized carbons (Fsp3) is 0.412. The Balaban J connectivity index is 1.58. The maximum absolute atomic E-state index is 6.24. The van der Waals surface area contributed by atoms with Crippen molar-refractivity contribution in [1.29, 1.82) is 0 Å². The van der Waals surface area contributed by atoms with E-state index in [0.717, 1.165) is 24.5 Å². The summed E-state index contributed by atoms with van der Waals surface area (Å²) in [5.74, 6) is 1.81. The molecule has 100 valence electrons. The minimum atomic E-state index is 0.0977. The molecule has 1 heterocycles. The molecular formula is C17H21NO. The van der Waals surface area contributed by atoms with Crippen LogP contribution in [0.2, 0.25) is 0 Å². The molecule has 1 aromatic heterocycles. The molecule has 3 rings (SSSR count). The molecule has 0 bridgehead atoms. The number of aryl methyl sites for hydroxylation is 1. The largest absolute Gasteiger partial charge is 0.469 e. The van der Waals surface area contributed by atoms with Gasteiger partial charge in [0.05, 0.1) is 6.26 Å². The van der Waals surface area contributed by atoms with Crippen molar-refractivity contribution >= 4 is 0 Å². The Kier molecular flexibility index (Phi) is 3.69. The highest BCUT2D eigenvalue weighted by Gasteiger charge is 2.19. The second-order valence-corrected chi connectivity index (χ2v) is 5.52. The van der Waals surface area contributed by atoms with Gasteiger partial charge in [-0.2, -0.15) is 0 Å². The summed E-state index contributed by atoms with van der Waals surface area (Å²) < 4.78 is 5.34. The molecular weight excluding hydrogens is 234 g/mol. The topological polar surface area (TPSA) is 39.2 Å². The van der Waals surface area contributed by atoms with Crippen LogP contribution in [0, 0.1) is 0 Å². The molecule has 1 unspecified atom stereocenters. The molecule has 19 heavy (non-hydrogen) atoms. The van der Waals surface area contributed by atoms with E-state index in [9.17, 15) is 0 Å². The molecule has 2 aromatic rings. The predicted molar refractivity (Wildman–Crippen MR) is 77.0 cm³/mol. The zero-order chi connectivity index (χ0) is 13.1. The van der Waals surface area contributed by atoms with Gasteiger partial charge in [0.15, 0.2) is 0 Å². The van der Waals surface area contributed by atoms with E-state index in [1.165, 1.54) is 30.4 Å². The van der Waals surface area contributed by atoms with Gasteiger partial charge in [-0.3, -0.25) is 0 Å². The Morgan fingerprint density at radius 2 is 1.95 bits per heavy atom. The van der Waals surface area contributed by atoms with Crippen LogP contribution >= 0.6 is 0 Å². The fourth-order valence-corrected chi connectivity index (χ4v) is 2.68. The Morgan fingerprint density at radius 1 is 1.16 bits per heavy atom. The molecule has 0 aliphatic heterocycles. The minimum Gasteiger partial charge on any atom is -0.469 e. The summed E-state index contributed by atoms with van der Waals surface area (Å²) in [6.07, 6.45) is 7.63. The standard InChI is InChI=1S/C17H21NO/c18-17(11-10-16-5-2-12-19-16)15-8-6-14(7-9-15)13-3-1-4-13/h2,5-9,12-13,17H,1,3-4,10-11,18H2. The summed E-state index contributed by atoms with van der Waals surface area (Å²) in [6.45, 7) is 0. The number of furan rings is 1. The van der Waals surface area contributed by atoms with Gasteiger partial charge in [0, 0.05) is 12.5 Å². The fourth-order valence-electron chi connectivity index (χ4n) is 2.68. The monoisotopic (exact) mass is 255 g/mol. The molecule has 0 radical (unpaired) electrons. The Labute approximate surface area is 114 Å². The Morgan fingerprint density at radius 3 is 2.53 bits per heavy atom. The average molecular weight is 255 g/mol. The lowest BCUT2D eigenvalue weighted by atomic mass is 9.80. The first-order valence-corrected chi connectivity index (χ1v) is 7.21. The molecule has 1 atom stereocenters. The summed E-state index contributed by atoms with van der Waals surface area (Å²) in [5.41, 5.74) is 8.95.